The molecule has 7 heteroatoms. The van der Waals surface area contributed by atoms with Crippen molar-refractivity contribution < 1.29 is 34.1 Å². The van der Waals surface area contributed by atoms with Crippen molar-refractivity contribution >= 4 is 23.9 Å². The van der Waals surface area contributed by atoms with Gasteiger partial charge in [0.25, 0.3) is 0 Å². The molecule has 0 aromatic heterocycles. The summed E-state index contributed by atoms with van der Waals surface area (Å²) in [5.41, 5.74) is -1.60. The van der Waals surface area contributed by atoms with Crippen molar-refractivity contribution in [1.82, 2.24) is 0 Å². The number of ether oxygens (including phenoxy) is 1. The highest BCUT2D eigenvalue weighted by Gasteiger charge is 2.48. The molecular weight excluding hydrogens is 244 g/mol. The van der Waals surface area contributed by atoms with Crippen molar-refractivity contribution in [3.05, 3.63) is 0 Å². The van der Waals surface area contributed by atoms with Gasteiger partial charge >= 0.3 is 23.9 Å². The van der Waals surface area contributed by atoms with Gasteiger partial charge in [-0.2, -0.15) is 0 Å². The normalized spacial score (nSPS) is 26.6. The second-order valence-corrected chi connectivity index (χ2v) is 4.78. The summed E-state index contributed by atoms with van der Waals surface area (Å²) in [4.78, 5) is 44.4. The van der Waals surface area contributed by atoms with Crippen LogP contribution in [-0.2, 0) is 23.9 Å². The maximum absolute atomic E-state index is 11.4. The van der Waals surface area contributed by atoms with Gasteiger partial charge in [-0.25, -0.2) is 0 Å². The van der Waals surface area contributed by atoms with Gasteiger partial charge in [-0.1, -0.05) is 6.92 Å². The Labute approximate surface area is 103 Å². The van der Waals surface area contributed by atoms with Crippen LogP contribution in [0.25, 0.3) is 0 Å². The molecule has 1 rings (SSSR count). The van der Waals surface area contributed by atoms with Gasteiger partial charge in [-0.15, -0.1) is 0 Å². The average molecular weight is 258 g/mol. The lowest BCUT2D eigenvalue weighted by Gasteiger charge is -2.25. The summed E-state index contributed by atoms with van der Waals surface area (Å²) >= 11 is 0. The summed E-state index contributed by atoms with van der Waals surface area (Å²) < 4.78 is 4.40. The lowest BCUT2D eigenvalue weighted by atomic mass is 9.75. The molecule has 18 heavy (non-hydrogen) atoms. The molecule has 0 amide bonds. The monoisotopic (exact) mass is 258 g/mol. The van der Waals surface area contributed by atoms with Crippen LogP contribution in [0.15, 0.2) is 0 Å². The number of hydrogen-bond acceptors (Lipinski definition) is 5. The molecule has 1 aliphatic rings. The second-order valence-electron chi connectivity index (χ2n) is 4.78. The van der Waals surface area contributed by atoms with Crippen molar-refractivity contribution in [2.24, 2.45) is 17.3 Å². The van der Waals surface area contributed by atoms with Gasteiger partial charge in [-0.3, -0.25) is 19.2 Å². The molecule has 0 aromatic carbocycles. The first-order chi connectivity index (χ1) is 8.17. The Morgan fingerprint density at radius 2 is 1.83 bits per heavy atom. The number of hydrogen-bond donors (Lipinski definition) is 2. The predicted octanol–water partition coefficient (Wildman–Crippen LogP) is 0.278. The smallest absolute Gasteiger partial charge is 0.317 e. The predicted molar refractivity (Wildman–Crippen MR) is 56.4 cm³/mol. The Kier molecular flexibility index (Phi) is 3.73. The van der Waals surface area contributed by atoms with Gasteiger partial charge in [0.2, 0.25) is 0 Å². The van der Waals surface area contributed by atoms with Crippen LogP contribution in [-0.4, -0.2) is 34.1 Å². The topological polar surface area (TPSA) is 118 Å². The lowest BCUT2D eigenvalue weighted by Crippen LogP contribution is -2.35. The Morgan fingerprint density at radius 3 is 2.17 bits per heavy atom. The second kappa shape index (κ2) is 4.75. The van der Waals surface area contributed by atoms with Gasteiger partial charge in [0.05, 0.1) is 23.7 Å². The maximum Gasteiger partial charge on any atom is 0.317 e. The third-order valence-electron chi connectivity index (χ3n) is 3.21. The molecule has 1 heterocycles. The van der Waals surface area contributed by atoms with Crippen LogP contribution in [0.5, 0.6) is 0 Å². The SMILES string of the molecule is CC1C(=O)OC(=O)C1CC(C)(CC(=O)O)C(=O)O. The van der Waals surface area contributed by atoms with Crippen molar-refractivity contribution in [3.63, 3.8) is 0 Å². The first-order valence-electron chi connectivity index (χ1n) is 5.38. The van der Waals surface area contributed by atoms with Crippen molar-refractivity contribution in [2.45, 2.75) is 26.7 Å². The number of carboxylic acid groups (broad SMARTS) is 2. The molecule has 0 saturated carbocycles. The molecule has 0 aromatic rings. The largest absolute Gasteiger partial charge is 0.481 e. The first kappa shape index (κ1) is 14.1. The van der Waals surface area contributed by atoms with E-state index in [9.17, 15) is 19.2 Å². The van der Waals surface area contributed by atoms with E-state index in [1.54, 1.807) is 0 Å². The highest BCUT2D eigenvalue weighted by atomic mass is 16.6. The van der Waals surface area contributed by atoms with Crippen LogP contribution in [0.1, 0.15) is 26.7 Å². The molecule has 100 valence electrons. The number of carboxylic acids is 2. The highest BCUT2D eigenvalue weighted by Crippen LogP contribution is 2.37. The lowest BCUT2D eigenvalue weighted by molar-refractivity contribution is -0.157. The zero-order valence-corrected chi connectivity index (χ0v) is 10.0. The highest BCUT2D eigenvalue weighted by molar-refractivity contribution is 5.96. The van der Waals surface area contributed by atoms with Crippen LogP contribution >= 0.6 is 0 Å². The minimum absolute atomic E-state index is 0.236. The summed E-state index contributed by atoms with van der Waals surface area (Å²) in [7, 11) is 0. The molecule has 0 aliphatic carbocycles. The van der Waals surface area contributed by atoms with Crippen LogP contribution in [0.4, 0.5) is 0 Å². The third-order valence-corrected chi connectivity index (χ3v) is 3.21. The van der Waals surface area contributed by atoms with E-state index < -0.39 is 47.5 Å². The van der Waals surface area contributed by atoms with Gasteiger partial charge in [0, 0.05) is 0 Å². The van der Waals surface area contributed by atoms with E-state index in [-0.39, 0.29) is 6.42 Å². The summed E-state index contributed by atoms with van der Waals surface area (Å²) in [6, 6.07) is 0. The zero-order valence-electron chi connectivity index (χ0n) is 10.0. The fourth-order valence-electron chi connectivity index (χ4n) is 1.95. The number of cyclic esters (lactones) is 2. The Balaban J connectivity index is 2.91. The molecule has 3 unspecified atom stereocenters. The third kappa shape index (κ3) is 2.66. The Hall–Kier alpha value is -1.92. The van der Waals surface area contributed by atoms with Crippen molar-refractivity contribution in [1.29, 1.82) is 0 Å². The number of carbonyl (C=O) groups excluding carboxylic acids is 2. The Bertz CT molecular complexity index is 414. The molecule has 0 radical (unpaired) electrons. The molecular formula is C11H14O7. The molecule has 1 saturated heterocycles. The summed E-state index contributed by atoms with van der Waals surface area (Å²) in [6.07, 6.45) is -0.854. The van der Waals surface area contributed by atoms with E-state index in [2.05, 4.69) is 4.74 Å². The van der Waals surface area contributed by atoms with Gasteiger partial charge in [0.1, 0.15) is 0 Å². The van der Waals surface area contributed by atoms with E-state index >= 15 is 0 Å². The van der Waals surface area contributed by atoms with E-state index in [0.717, 1.165) is 0 Å². The van der Waals surface area contributed by atoms with Gasteiger partial charge in [-0.05, 0) is 13.3 Å². The van der Waals surface area contributed by atoms with Crippen molar-refractivity contribution in [3.8, 4) is 0 Å². The van der Waals surface area contributed by atoms with Crippen LogP contribution in [0, 0.1) is 17.3 Å². The standard InChI is InChI=1S/C11H14O7/c1-5-6(9(15)18-8(5)14)3-11(2,10(16)17)4-7(12)13/h5-6H,3-4H2,1-2H3,(H,12,13)(H,16,17). The quantitative estimate of drug-likeness (QED) is 0.537. The van der Waals surface area contributed by atoms with E-state index in [0.29, 0.717) is 0 Å². The molecule has 1 aliphatic heterocycles. The van der Waals surface area contributed by atoms with E-state index in [1.807, 2.05) is 0 Å². The molecule has 2 N–H and O–H groups in total. The minimum atomic E-state index is -1.60. The fourth-order valence-corrected chi connectivity index (χ4v) is 1.95. The molecule has 0 spiro atoms. The van der Waals surface area contributed by atoms with Crippen molar-refractivity contribution in [2.75, 3.05) is 0 Å². The minimum Gasteiger partial charge on any atom is -0.481 e. The zero-order chi connectivity index (χ0) is 14.1. The van der Waals surface area contributed by atoms with Gasteiger partial charge in [0.15, 0.2) is 0 Å². The first-order valence-corrected chi connectivity index (χ1v) is 5.38. The number of aliphatic carboxylic acids is 2. The molecule has 3 atom stereocenters. The molecule has 7 nitrogen and oxygen atoms in total. The van der Waals surface area contributed by atoms with E-state index in [1.165, 1.54) is 13.8 Å². The maximum atomic E-state index is 11.4. The Morgan fingerprint density at radius 1 is 1.28 bits per heavy atom. The molecule has 0 bridgehead atoms. The summed E-state index contributed by atoms with van der Waals surface area (Å²) in [6.45, 7) is 2.70. The van der Waals surface area contributed by atoms with Crippen LogP contribution < -0.4 is 0 Å². The number of esters is 2. The number of carbonyl (C=O) groups is 4. The fraction of sp³-hybridized carbons (Fsp3) is 0.636. The van der Waals surface area contributed by atoms with Gasteiger partial charge < -0.3 is 14.9 Å². The van der Waals surface area contributed by atoms with E-state index in [4.69, 9.17) is 10.2 Å². The van der Waals surface area contributed by atoms with Crippen LogP contribution in [0.3, 0.4) is 0 Å². The number of rotatable bonds is 5. The molecule has 1 fully saturated rings. The average Bonchev–Trinajstić information content (AvgIpc) is 2.44. The summed E-state index contributed by atoms with van der Waals surface area (Å²) in [5.74, 6) is -5.73. The summed E-state index contributed by atoms with van der Waals surface area (Å²) in [5, 5.41) is 17.8. The van der Waals surface area contributed by atoms with Crippen LogP contribution in [0.2, 0.25) is 0 Å².